The third kappa shape index (κ3) is 4.58. The van der Waals surface area contributed by atoms with Crippen molar-refractivity contribution in [3.63, 3.8) is 0 Å². The van der Waals surface area contributed by atoms with Crippen LogP contribution in [0.5, 0.6) is 5.75 Å². The molecule has 0 aliphatic carbocycles. The summed E-state index contributed by atoms with van der Waals surface area (Å²) in [6.07, 6.45) is 0.0499. The molecule has 1 atom stereocenters. The van der Waals surface area contributed by atoms with Crippen LogP contribution in [0.2, 0.25) is 0 Å². The van der Waals surface area contributed by atoms with E-state index in [9.17, 15) is 19.9 Å². The molecule has 0 unspecified atom stereocenters. The van der Waals surface area contributed by atoms with Crippen LogP contribution in [-0.4, -0.2) is 33.8 Å². The number of hydrogen-bond acceptors (Lipinski definition) is 5. The summed E-state index contributed by atoms with van der Waals surface area (Å²) in [6, 6.07) is 14.1. The summed E-state index contributed by atoms with van der Waals surface area (Å²) >= 11 is 0. The molecule has 6 nitrogen and oxygen atoms in total. The number of ether oxygens (including phenoxy) is 1. The highest BCUT2D eigenvalue weighted by Gasteiger charge is 2.29. The van der Waals surface area contributed by atoms with Crippen LogP contribution in [-0.2, 0) is 17.8 Å². The third-order valence-corrected chi connectivity index (χ3v) is 3.67. The van der Waals surface area contributed by atoms with Gasteiger partial charge in [-0.05, 0) is 29.6 Å². The van der Waals surface area contributed by atoms with E-state index >= 15 is 0 Å². The summed E-state index contributed by atoms with van der Waals surface area (Å²) in [6.45, 7) is 1.69. The molecule has 0 amide bonds. The van der Waals surface area contributed by atoms with Gasteiger partial charge in [0, 0.05) is 6.42 Å². The normalized spacial score (nSPS) is 13.2. The molecule has 0 fully saturated rings. The first-order chi connectivity index (χ1) is 11.3. The summed E-state index contributed by atoms with van der Waals surface area (Å²) in [5.41, 5.74) is 6.14. The van der Waals surface area contributed by atoms with Gasteiger partial charge in [-0.1, -0.05) is 42.5 Å². The minimum atomic E-state index is -1.64. The molecule has 0 heterocycles. The highest BCUT2D eigenvalue weighted by molar-refractivity contribution is 6.58. The van der Waals surface area contributed by atoms with Gasteiger partial charge in [-0.15, -0.1) is 0 Å². The third-order valence-electron chi connectivity index (χ3n) is 3.67. The minimum Gasteiger partial charge on any atom is -0.489 e. The van der Waals surface area contributed by atoms with Gasteiger partial charge in [-0.3, -0.25) is 4.79 Å². The Bertz CT molecular complexity index is 703. The first kappa shape index (κ1) is 18.0. The molecule has 2 aromatic carbocycles. The molecule has 0 aliphatic rings. The zero-order chi connectivity index (χ0) is 17.7. The Kier molecular flexibility index (Phi) is 5.61. The number of aliphatic carboxylic acids is 1. The van der Waals surface area contributed by atoms with Gasteiger partial charge in [-0.2, -0.15) is 0 Å². The van der Waals surface area contributed by atoms with Crippen LogP contribution in [0.4, 0.5) is 0 Å². The van der Waals surface area contributed by atoms with E-state index in [-0.39, 0.29) is 18.5 Å². The second-order valence-electron chi connectivity index (χ2n) is 5.91. The maximum Gasteiger partial charge on any atom is 0.488 e. The van der Waals surface area contributed by atoms with Gasteiger partial charge < -0.3 is 25.6 Å². The lowest BCUT2D eigenvalue weighted by Gasteiger charge is -2.21. The van der Waals surface area contributed by atoms with Gasteiger partial charge in [0.05, 0.1) is 0 Å². The van der Waals surface area contributed by atoms with Crippen molar-refractivity contribution in [2.75, 3.05) is 0 Å². The molecule has 7 heteroatoms. The van der Waals surface area contributed by atoms with E-state index in [4.69, 9.17) is 10.5 Å². The Morgan fingerprint density at radius 3 is 2.46 bits per heavy atom. The van der Waals surface area contributed by atoms with E-state index in [0.29, 0.717) is 11.3 Å². The lowest BCUT2D eigenvalue weighted by molar-refractivity contribution is -0.142. The van der Waals surface area contributed by atoms with E-state index in [1.165, 1.54) is 19.1 Å². The average molecular weight is 329 g/mol. The number of nitrogens with two attached hydrogens (primary N) is 1. The fourth-order valence-corrected chi connectivity index (χ4v) is 2.22. The molecule has 0 radical (unpaired) electrons. The number of carboxylic acid groups (broad SMARTS) is 1. The van der Waals surface area contributed by atoms with E-state index in [2.05, 4.69) is 0 Å². The standard InChI is InChI=1S/C17H20BNO5/c1-17(19,16(20)21)10-13-7-8-14(18(22)23)9-15(13)24-11-12-5-3-2-4-6-12/h2-9,22-23H,10-11,19H2,1H3,(H,20,21)/t17-/m0/s1. The second kappa shape index (κ2) is 7.48. The molecule has 0 bridgehead atoms. The molecule has 5 N–H and O–H groups in total. The van der Waals surface area contributed by atoms with E-state index < -0.39 is 18.6 Å². The van der Waals surface area contributed by atoms with E-state index in [1.54, 1.807) is 6.07 Å². The smallest absolute Gasteiger partial charge is 0.488 e. The maximum absolute atomic E-state index is 11.2. The van der Waals surface area contributed by atoms with Crippen LogP contribution in [0.15, 0.2) is 48.5 Å². The van der Waals surface area contributed by atoms with Gasteiger partial charge in [0.25, 0.3) is 0 Å². The largest absolute Gasteiger partial charge is 0.489 e. The van der Waals surface area contributed by atoms with Gasteiger partial charge in [-0.25, -0.2) is 0 Å². The van der Waals surface area contributed by atoms with Crippen molar-refractivity contribution in [1.82, 2.24) is 0 Å². The summed E-state index contributed by atoms with van der Waals surface area (Å²) in [5.74, 6) is -0.745. The average Bonchev–Trinajstić information content (AvgIpc) is 2.54. The minimum absolute atomic E-state index is 0.0499. The predicted molar refractivity (Wildman–Crippen MR) is 91.0 cm³/mol. The van der Waals surface area contributed by atoms with Crippen molar-refractivity contribution < 1.29 is 24.7 Å². The number of carboxylic acids is 1. The molecule has 0 spiro atoms. The number of carbonyl (C=O) groups is 1. The number of hydrogen-bond donors (Lipinski definition) is 4. The zero-order valence-corrected chi connectivity index (χ0v) is 13.3. The Hall–Kier alpha value is -2.35. The van der Waals surface area contributed by atoms with Crippen molar-refractivity contribution in [2.45, 2.75) is 25.5 Å². The molecule has 2 aromatic rings. The number of benzene rings is 2. The molecule has 0 aliphatic heterocycles. The summed E-state index contributed by atoms with van der Waals surface area (Å²) in [4.78, 5) is 11.2. The summed E-state index contributed by atoms with van der Waals surface area (Å²) in [7, 11) is -1.64. The Balaban J connectivity index is 2.27. The van der Waals surface area contributed by atoms with Crippen molar-refractivity contribution in [1.29, 1.82) is 0 Å². The Morgan fingerprint density at radius 1 is 1.21 bits per heavy atom. The SMILES string of the molecule is C[C@](N)(Cc1ccc(B(O)O)cc1OCc1ccccc1)C(=O)O. The van der Waals surface area contributed by atoms with Crippen LogP contribution >= 0.6 is 0 Å². The predicted octanol–water partition coefficient (Wildman–Crippen LogP) is 0.290. The number of rotatable bonds is 7. The molecule has 0 aromatic heterocycles. The quantitative estimate of drug-likeness (QED) is 0.543. The molecule has 0 saturated heterocycles. The molecule has 0 saturated carbocycles. The van der Waals surface area contributed by atoms with Crippen LogP contribution in [0.1, 0.15) is 18.1 Å². The molecule has 24 heavy (non-hydrogen) atoms. The van der Waals surface area contributed by atoms with Crippen molar-refractivity contribution in [2.24, 2.45) is 5.73 Å². The lowest BCUT2D eigenvalue weighted by Crippen LogP contribution is -2.47. The van der Waals surface area contributed by atoms with E-state index in [0.717, 1.165) is 5.56 Å². The first-order valence-corrected chi connectivity index (χ1v) is 7.47. The van der Waals surface area contributed by atoms with E-state index in [1.807, 2.05) is 30.3 Å². The van der Waals surface area contributed by atoms with Crippen LogP contribution in [0.3, 0.4) is 0 Å². The van der Waals surface area contributed by atoms with Gasteiger partial charge in [0.1, 0.15) is 17.9 Å². The molecule has 2 rings (SSSR count). The highest BCUT2D eigenvalue weighted by Crippen LogP contribution is 2.23. The fourth-order valence-electron chi connectivity index (χ4n) is 2.22. The topological polar surface area (TPSA) is 113 Å². The summed E-state index contributed by atoms with van der Waals surface area (Å²) in [5, 5.41) is 27.9. The second-order valence-corrected chi connectivity index (χ2v) is 5.91. The van der Waals surface area contributed by atoms with Crippen molar-refractivity contribution in [3.05, 3.63) is 59.7 Å². The zero-order valence-electron chi connectivity index (χ0n) is 13.3. The molecular weight excluding hydrogens is 309 g/mol. The van der Waals surface area contributed by atoms with Crippen LogP contribution in [0, 0.1) is 0 Å². The Labute approximate surface area is 140 Å². The molecule has 126 valence electrons. The van der Waals surface area contributed by atoms with Crippen LogP contribution in [0.25, 0.3) is 0 Å². The van der Waals surface area contributed by atoms with Crippen molar-refractivity contribution >= 4 is 18.6 Å². The van der Waals surface area contributed by atoms with Gasteiger partial charge >= 0.3 is 13.1 Å². The molecular formula is C17H20BNO5. The van der Waals surface area contributed by atoms with Crippen molar-refractivity contribution in [3.8, 4) is 5.75 Å². The van der Waals surface area contributed by atoms with Gasteiger partial charge in [0.2, 0.25) is 0 Å². The van der Waals surface area contributed by atoms with Gasteiger partial charge in [0.15, 0.2) is 0 Å². The maximum atomic E-state index is 11.2. The fraction of sp³-hybridized carbons (Fsp3) is 0.235. The first-order valence-electron chi connectivity index (χ1n) is 7.47. The Morgan fingerprint density at radius 2 is 1.88 bits per heavy atom. The summed E-state index contributed by atoms with van der Waals surface area (Å²) < 4.78 is 5.77. The van der Waals surface area contributed by atoms with Crippen LogP contribution < -0.4 is 15.9 Å². The highest BCUT2D eigenvalue weighted by atomic mass is 16.5. The lowest BCUT2D eigenvalue weighted by atomic mass is 9.79. The monoisotopic (exact) mass is 329 g/mol.